The highest BCUT2D eigenvalue weighted by atomic mass is 16.5. The third-order valence-electron chi connectivity index (χ3n) is 4.21. The molecule has 80 valence electrons. The molecular weight excluding hydrogens is 186 g/mol. The van der Waals surface area contributed by atoms with Gasteiger partial charge in [-0.3, -0.25) is 0 Å². The number of fused-ring (bicyclic) bond motifs is 2. The first-order valence-electron chi connectivity index (χ1n) is 5.67. The number of rotatable bonds is 2. The van der Waals surface area contributed by atoms with Gasteiger partial charge in [-0.2, -0.15) is 0 Å². The number of hydrogen-bond acceptors (Lipinski definition) is 2. The van der Waals surface area contributed by atoms with Crippen molar-refractivity contribution in [3.8, 4) is 5.75 Å². The molecule has 0 aromatic heterocycles. The van der Waals surface area contributed by atoms with Crippen molar-refractivity contribution in [2.75, 3.05) is 13.7 Å². The monoisotopic (exact) mass is 203 g/mol. The molecule has 1 aromatic carbocycles. The number of aryl methyl sites for hydroxylation is 1. The van der Waals surface area contributed by atoms with Crippen molar-refractivity contribution in [2.24, 2.45) is 11.7 Å². The van der Waals surface area contributed by atoms with Crippen LogP contribution in [-0.2, 0) is 11.8 Å². The van der Waals surface area contributed by atoms with Crippen LogP contribution in [0.3, 0.4) is 0 Å². The quantitative estimate of drug-likeness (QED) is 0.796. The zero-order valence-electron chi connectivity index (χ0n) is 9.12. The van der Waals surface area contributed by atoms with E-state index in [1.54, 1.807) is 7.11 Å². The molecule has 2 atom stereocenters. The van der Waals surface area contributed by atoms with Crippen molar-refractivity contribution in [1.29, 1.82) is 0 Å². The lowest BCUT2D eigenvalue weighted by molar-refractivity contribution is 0.413. The van der Waals surface area contributed by atoms with E-state index in [4.69, 9.17) is 10.5 Å². The predicted octanol–water partition coefficient (Wildman–Crippen LogP) is 1.86. The minimum Gasteiger partial charge on any atom is -0.497 e. The summed E-state index contributed by atoms with van der Waals surface area (Å²) in [6.07, 6.45) is 3.79. The van der Waals surface area contributed by atoms with E-state index in [-0.39, 0.29) is 0 Å². The van der Waals surface area contributed by atoms with Crippen LogP contribution in [0.25, 0.3) is 0 Å². The Bertz CT molecular complexity index is 402. The van der Waals surface area contributed by atoms with E-state index in [2.05, 4.69) is 18.2 Å². The molecule has 15 heavy (non-hydrogen) atoms. The van der Waals surface area contributed by atoms with Gasteiger partial charge in [0.2, 0.25) is 0 Å². The van der Waals surface area contributed by atoms with Crippen LogP contribution in [0, 0.1) is 5.92 Å². The van der Waals surface area contributed by atoms with E-state index in [1.165, 1.54) is 30.4 Å². The number of methoxy groups -OCH3 is 1. The fourth-order valence-electron chi connectivity index (χ4n) is 3.18. The van der Waals surface area contributed by atoms with E-state index < -0.39 is 0 Å². The fourth-order valence-corrected chi connectivity index (χ4v) is 3.18. The van der Waals surface area contributed by atoms with Crippen LogP contribution in [0.15, 0.2) is 18.2 Å². The van der Waals surface area contributed by atoms with E-state index in [0.29, 0.717) is 11.3 Å². The van der Waals surface area contributed by atoms with Crippen LogP contribution in [0.4, 0.5) is 0 Å². The Kier molecular flexibility index (Phi) is 1.84. The largest absolute Gasteiger partial charge is 0.497 e. The molecule has 1 fully saturated rings. The van der Waals surface area contributed by atoms with Crippen LogP contribution in [0.5, 0.6) is 5.75 Å². The van der Waals surface area contributed by atoms with Crippen LogP contribution >= 0.6 is 0 Å². The van der Waals surface area contributed by atoms with Crippen molar-refractivity contribution in [3.63, 3.8) is 0 Å². The molecule has 2 unspecified atom stereocenters. The number of ether oxygens (including phenoxy) is 1. The zero-order chi connectivity index (χ0) is 10.5. The molecule has 3 rings (SSSR count). The third kappa shape index (κ3) is 1.14. The second-order valence-electron chi connectivity index (χ2n) is 4.82. The Morgan fingerprint density at radius 2 is 2.40 bits per heavy atom. The van der Waals surface area contributed by atoms with Gasteiger partial charge in [0.15, 0.2) is 0 Å². The van der Waals surface area contributed by atoms with E-state index in [1.807, 2.05) is 0 Å². The van der Waals surface area contributed by atoms with Gasteiger partial charge in [0.05, 0.1) is 7.11 Å². The van der Waals surface area contributed by atoms with Gasteiger partial charge < -0.3 is 10.5 Å². The SMILES string of the molecule is COc1ccc2c(c1)C1(CC2)CC1CN. The fraction of sp³-hybridized carbons (Fsp3) is 0.538. The number of nitrogens with two attached hydrogens (primary N) is 1. The Hall–Kier alpha value is -1.02. The molecule has 0 saturated heterocycles. The van der Waals surface area contributed by atoms with Crippen molar-refractivity contribution in [3.05, 3.63) is 29.3 Å². The average Bonchev–Trinajstić information content (AvgIpc) is 2.89. The summed E-state index contributed by atoms with van der Waals surface area (Å²) >= 11 is 0. The van der Waals surface area contributed by atoms with E-state index in [0.717, 1.165) is 12.3 Å². The van der Waals surface area contributed by atoms with Gasteiger partial charge in [-0.25, -0.2) is 0 Å². The summed E-state index contributed by atoms with van der Waals surface area (Å²) in [6, 6.07) is 6.50. The highest BCUT2D eigenvalue weighted by Crippen LogP contribution is 2.61. The van der Waals surface area contributed by atoms with Gasteiger partial charge in [0, 0.05) is 5.41 Å². The lowest BCUT2D eigenvalue weighted by Gasteiger charge is -2.11. The lowest BCUT2D eigenvalue weighted by Crippen LogP contribution is -2.12. The normalized spacial score (nSPS) is 31.7. The molecule has 0 radical (unpaired) electrons. The van der Waals surface area contributed by atoms with Crippen molar-refractivity contribution >= 4 is 0 Å². The first-order chi connectivity index (χ1) is 7.30. The molecule has 1 saturated carbocycles. The van der Waals surface area contributed by atoms with Crippen LogP contribution in [0.2, 0.25) is 0 Å². The summed E-state index contributed by atoms with van der Waals surface area (Å²) in [5, 5.41) is 0. The van der Waals surface area contributed by atoms with Crippen molar-refractivity contribution in [1.82, 2.24) is 0 Å². The van der Waals surface area contributed by atoms with Crippen molar-refractivity contribution < 1.29 is 4.74 Å². The molecule has 2 N–H and O–H groups in total. The molecule has 2 aliphatic rings. The summed E-state index contributed by atoms with van der Waals surface area (Å²) in [5.74, 6) is 1.70. The average molecular weight is 203 g/mol. The molecular formula is C13H17NO. The lowest BCUT2D eigenvalue weighted by atomic mass is 9.95. The second kappa shape index (κ2) is 2.99. The Labute approximate surface area is 90.4 Å². The molecule has 0 heterocycles. The number of hydrogen-bond donors (Lipinski definition) is 1. The standard InChI is InChI=1S/C13H17NO/c1-15-11-3-2-9-4-5-13(12(9)6-11)7-10(13)8-14/h2-3,6,10H,4-5,7-8,14H2,1H3. The summed E-state index contributed by atoms with van der Waals surface area (Å²) in [4.78, 5) is 0. The molecule has 0 bridgehead atoms. The first kappa shape index (κ1) is 9.22. The predicted molar refractivity (Wildman–Crippen MR) is 60.2 cm³/mol. The summed E-state index contributed by atoms with van der Waals surface area (Å²) in [5.41, 5.74) is 9.23. The summed E-state index contributed by atoms with van der Waals surface area (Å²) in [6.45, 7) is 0.830. The Morgan fingerprint density at radius 3 is 3.07 bits per heavy atom. The highest BCUT2D eigenvalue weighted by molar-refractivity contribution is 5.48. The maximum atomic E-state index is 5.78. The maximum absolute atomic E-state index is 5.78. The minimum atomic E-state index is 0.429. The van der Waals surface area contributed by atoms with Gasteiger partial charge in [-0.05, 0) is 55.0 Å². The van der Waals surface area contributed by atoms with Gasteiger partial charge in [0.25, 0.3) is 0 Å². The summed E-state index contributed by atoms with van der Waals surface area (Å²) in [7, 11) is 1.73. The van der Waals surface area contributed by atoms with Gasteiger partial charge in [-0.1, -0.05) is 6.07 Å². The molecule has 2 nitrogen and oxygen atoms in total. The Morgan fingerprint density at radius 1 is 1.53 bits per heavy atom. The first-order valence-corrected chi connectivity index (χ1v) is 5.67. The van der Waals surface area contributed by atoms with E-state index in [9.17, 15) is 0 Å². The highest BCUT2D eigenvalue weighted by Gasteiger charge is 2.57. The molecule has 2 aliphatic carbocycles. The topological polar surface area (TPSA) is 35.2 Å². The van der Waals surface area contributed by atoms with Gasteiger partial charge in [-0.15, -0.1) is 0 Å². The second-order valence-corrected chi connectivity index (χ2v) is 4.82. The van der Waals surface area contributed by atoms with Crippen LogP contribution in [-0.4, -0.2) is 13.7 Å². The minimum absolute atomic E-state index is 0.429. The van der Waals surface area contributed by atoms with E-state index >= 15 is 0 Å². The summed E-state index contributed by atoms with van der Waals surface area (Å²) < 4.78 is 5.30. The smallest absolute Gasteiger partial charge is 0.119 e. The van der Waals surface area contributed by atoms with Crippen LogP contribution in [0.1, 0.15) is 24.0 Å². The van der Waals surface area contributed by atoms with Gasteiger partial charge in [0.1, 0.15) is 5.75 Å². The number of benzene rings is 1. The zero-order valence-corrected chi connectivity index (χ0v) is 9.12. The molecule has 1 spiro atoms. The Balaban J connectivity index is 2.02. The van der Waals surface area contributed by atoms with Crippen LogP contribution < -0.4 is 10.5 Å². The maximum Gasteiger partial charge on any atom is 0.119 e. The molecule has 0 aliphatic heterocycles. The van der Waals surface area contributed by atoms with Gasteiger partial charge >= 0.3 is 0 Å². The van der Waals surface area contributed by atoms with Crippen molar-refractivity contribution in [2.45, 2.75) is 24.7 Å². The molecule has 1 aromatic rings. The molecule has 2 heteroatoms. The third-order valence-corrected chi connectivity index (χ3v) is 4.21. The molecule has 0 amide bonds.